The van der Waals surface area contributed by atoms with E-state index in [1.807, 2.05) is 0 Å². The molecule has 0 bridgehead atoms. The standard InChI is InChI=1S/C55H102O6/c1-4-7-10-13-16-19-22-24-26-27-29-30-33-36-39-42-45-48-54(57)60-51-52(50-59-53(56)47-44-41-38-35-32-21-18-15-12-9-6-3)61-55(58)49-46-43-40-37-34-31-28-25-23-20-17-14-11-8-5-2/h20,23-24,26,52H,4-19,21-22,25,27-51H2,1-3H3/b23-20+,26-24+/t52-/m1/s1. The quantitative estimate of drug-likeness (QED) is 0.0262. The van der Waals surface area contributed by atoms with Gasteiger partial charge in [-0.25, -0.2) is 0 Å². The highest BCUT2D eigenvalue weighted by molar-refractivity contribution is 5.71. The molecule has 1 atom stereocenters. The average Bonchev–Trinajstić information content (AvgIpc) is 3.26. The van der Waals surface area contributed by atoms with E-state index in [2.05, 4.69) is 45.1 Å². The van der Waals surface area contributed by atoms with Crippen LogP contribution in [0.1, 0.15) is 290 Å². The maximum Gasteiger partial charge on any atom is 0.306 e. The number of carbonyl (C=O) groups excluding carboxylic acids is 3. The van der Waals surface area contributed by atoms with Gasteiger partial charge in [-0.3, -0.25) is 14.4 Å². The van der Waals surface area contributed by atoms with Crippen molar-refractivity contribution in [1.29, 1.82) is 0 Å². The zero-order valence-electron chi connectivity index (χ0n) is 40.9. The Morgan fingerprint density at radius 3 is 0.836 bits per heavy atom. The van der Waals surface area contributed by atoms with Gasteiger partial charge >= 0.3 is 17.9 Å². The Kier molecular flexibility index (Phi) is 48.8. The molecule has 0 aliphatic rings. The molecule has 0 aliphatic heterocycles. The van der Waals surface area contributed by atoms with Gasteiger partial charge in [-0.05, 0) is 70.6 Å². The van der Waals surface area contributed by atoms with Gasteiger partial charge in [0.15, 0.2) is 6.10 Å². The smallest absolute Gasteiger partial charge is 0.306 e. The lowest BCUT2D eigenvalue weighted by Gasteiger charge is -2.18. The first-order valence-corrected chi connectivity index (χ1v) is 26.8. The molecular weight excluding hydrogens is 757 g/mol. The van der Waals surface area contributed by atoms with E-state index in [0.29, 0.717) is 19.3 Å². The number of esters is 3. The summed E-state index contributed by atoms with van der Waals surface area (Å²) >= 11 is 0. The Morgan fingerprint density at radius 2 is 0.541 bits per heavy atom. The van der Waals surface area contributed by atoms with Crippen LogP contribution in [0.25, 0.3) is 0 Å². The van der Waals surface area contributed by atoms with Crippen molar-refractivity contribution in [2.45, 2.75) is 297 Å². The molecule has 0 unspecified atom stereocenters. The van der Waals surface area contributed by atoms with Gasteiger partial charge in [-0.1, -0.05) is 225 Å². The van der Waals surface area contributed by atoms with Gasteiger partial charge < -0.3 is 14.2 Å². The summed E-state index contributed by atoms with van der Waals surface area (Å²) < 4.78 is 16.8. The van der Waals surface area contributed by atoms with Crippen LogP contribution in [0.3, 0.4) is 0 Å². The Morgan fingerprint density at radius 1 is 0.311 bits per heavy atom. The minimum Gasteiger partial charge on any atom is -0.462 e. The van der Waals surface area contributed by atoms with E-state index in [9.17, 15) is 14.4 Å². The molecule has 0 spiro atoms. The number of hydrogen-bond donors (Lipinski definition) is 0. The second kappa shape index (κ2) is 50.5. The van der Waals surface area contributed by atoms with Crippen molar-refractivity contribution >= 4 is 17.9 Å². The minimum absolute atomic E-state index is 0.0706. The third kappa shape index (κ3) is 48.8. The van der Waals surface area contributed by atoms with Crippen molar-refractivity contribution in [3.05, 3.63) is 24.3 Å². The lowest BCUT2D eigenvalue weighted by atomic mass is 10.1. The van der Waals surface area contributed by atoms with E-state index in [1.54, 1.807) is 0 Å². The molecule has 0 aromatic carbocycles. The number of allylic oxidation sites excluding steroid dienone is 4. The largest absolute Gasteiger partial charge is 0.462 e. The monoisotopic (exact) mass is 859 g/mol. The fraction of sp³-hybridized carbons (Fsp3) is 0.873. The van der Waals surface area contributed by atoms with E-state index in [4.69, 9.17) is 14.2 Å². The molecule has 6 nitrogen and oxygen atoms in total. The molecule has 0 fully saturated rings. The van der Waals surface area contributed by atoms with Crippen LogP contribution in [0, 0.1) is 0 Å². The first-order chi connectivity index (χ1) is 30.0. The fourth-order valence-electron chi connectivity index (χ4n) is 7.84. The molecule has 0 radical (unpaired) electrons. The lowest BCUT2D eigenvalue weighted by Crippen LogP contribution is -2.30. The van der Waals surface area contributed by atoms with Gasteiger partial charge in [0.1, 0.15) is 13.2 Å². The van der Waals surface area contributed by atoms with E-state index in [1.165, 1.54) is 193 Å². The average molecular weight is 859 g/mol. The number of rotatable bonds is 49. The fourth-order valence-corrected chi connectivity index (χ4v) is 7.84. The van der Waals surface area contributed by atoms with Gasteiger partial charge in [0.05, 0.1) is 0 Å². The predicted molar refractivity (Wildman–Crippen MR) is 261 cm³/mol. The summed E-state index contributed by atoms with van der Waals surface area (Å²) in [4.78, 5) is 38.0. The zero-order chi connectivity index (χ0) is 44.4. The van der Waals surface area contributed by atoms with Crippen LogP contribution in [0.2, 0.25) is 0 Å². The predicted octanol–water partition coefficient (Wildman–Crippen LogP) is 17.5. The Balaban J connectivity index is 4.33. The van der Waals surface area contributed by atoms with Crippen LogP contribution < -0.4 is 0 Å². The van der Waals surface area contributed by atoms with Crippen molar-refractivity contribution in [2.75, 3.05) is 13.2 Å². The second-order valence-electron chi connectivity index (χ2n) is 18.1. The summed E-state index contributed by atoms with van der Waals surface area (Å²) in [5, 5.41) is 0. The summed E-state index contributed by atoms with van der Waals surface area (Å²) in [7, 11) is 0. The van der Waals surface area contributed by atoms with E-state index < -0.39 is 6.10 Å². The van der Waals surface area contributed by atoms with Crippen molar-refractivity contribution in [3.8, 4) is 0 Å². The molecule has 0 saturated heterocycles. The maximum atomic E-state index is 12.8. The van der Waals surface area contributed by atoms with Gasteiger partial charge in [-0.2, -0.15) is 0 Å². The summed E-state index contributed by atoms with van der Waals surface area (Å²) in [5.41, 5.74) is 0. The molecule has 0 aliphatic carbocycles. The van der Waals surface area contributed by atoms with Crippen molar-refractivity contribution in [1.82, 2.24) is 0 Å². The Labute approximate surface area is 379 Å². The van der Waals surface area contributed by atoms with Crippen LogP contribution >= 0.6 is 0 Å². The molecule has 0 aromatic rings. The molecule has 0 heterocycles. The van der Waals surface area contributed by atoms with Crippen molar-refractivity contribution < 1.29 is 28.6 Å². The van der Waals surface area contributed by atoms with Gasteiger partial charge in [0.25, 0.3) is 0 Å². The zero-order valence-corrected chi connectivity index (χ0v) is 40.9. The van der Waals surface area contributed by atoms with E-state index >= 15 is 0 Å². The van der Waals surface area contributed by atoms with Gasteiger partial charge in [0.2, 0.25) is 0 Å². The molecule has 6 heteroatoms. The van der Waals surface area contributed by atoms with E-state index in [0.717, 1.165) is 57.8 Å². The molecule has 61 heavy (non-hydrogen) atoms. The van der Waals surface area contributed by atoms with Crippen LogP contribution in [-0.4, -0.2) is 37.2 Å². The summed E-state index contributed by atoms with van der Waals surface area (Å²) in [6.07, 6.45) is 57.3. The highest BCUT2D eigenvalue weighted by atomic mass is 16.6. The summed E-state index contributed by atoms with van der Waals surface area (Å²) in [5.74, 6) is -0.866. The minimum atomic E-state index is -0.770. The van der Waals surface area contributed by atoms with Crippen LogP contribution in [0.5, 0.6) is 0 Å². The molecule has 0 aromatic heterocycles. The van der Waals surface area contributed by atoms with Gasteiger partial charge in [-0.15, -0.1) is 0 Å². The maximum absolute atomic E-state index is 12.8. The van der Waals surface area contributed by atoms with Gasteiger partial charge in [0, 0.05) is 19.3 Å². The van der Waals surface area contributed by atoms with E-state index in [-0.39, 0.29) is 31.1 Å². The Bertz CT molecular complexity index is 989. The number of unbranched alkanes of at least 4 members (excludes halogenated alkanes) is 34. The first kappa shape index (κ1) is 58.9. The third-order valence-electron chi connectivity index (χ3n) is 11.9. The van der Waals surface area contributed by atoms with Crippen molar-refractivity contribution in [2.24, 2.45) is 0 Å². The molecular formula is C55H102O6. The van der Waals surface area contributed by atoms with Crippen LogP contribution in [0.4, 0.5) is 0 Å². The number of ether oxygens (including phenoxy) is 3. The van der Waals surface area contributed by atoms with Crippen LogP contribution in [-0.2, 0) is 28.6 Å². The lowest BCUT2D eigenvalue weighted by molar-refractivity contribution is -0.167. The highest BCUT2D eigenvalue weighted by Crippen LogP contribution is 2.16. The topological polar surface area (TPSA) is 78.9 Å². The third-order valence-corrected chi connectivity index (χ3v) is 11.9. The summed E-state index contributed by atoms with van der Waals surface area (Å²) in [6.45, 7) is 6.64. The molecule has 0 saturated carbocycles. The van der Waals surface area contributed by atoms with Crippen molar-refractivity contribution in [3.63, 3.8) is 0 Å². The molecule has 0 N–H and O–H groups in total. The molecule has 0 amide bonds. The SMILES string of the molecule is CCCCCC/C=C/CCCCCCCCCC(=O)O[C@@H](COC(=O)CCCCCCCCC/C=C/CCCCCCCC)COC(=O)CCCCCCCCCCCCC. The Hall–Kier alpha value is -2.11. The van der Waals surface area contributed by atoms with Crippen LogP contribution in [0.15, 0.2) is 24.3 Å². The number of hydrogen-bond acceptors (Lipinski definition) is 6. The second-order valence-corrected chi connectivity index (χ2v) is 18.1. The first-order valence-electron chi connectivity index (χ1n) is 26.8. The molecule has 0 rings (SSSR count). The normalized spacial score (nSPS) is 12.1. The number of carbonyl (C=O) groups is 3. The summed E-state index contributed by atoms with van der Waals surface area (Å²) in [6, 6.07) is 0. The highest BCUT2D eigenvalue weighted by Gasteiger charge is 2.19. The molecule has 358 valence electrons.